The van der Waals surface area contributed by atoms with Crippen LogP contribution < -0.4 is 10.9 Å². The molecule has 0 spiro atoms. The molecule has 1 fully saturated rings. The minimum atomic E-state index is -0.837. The fourth-order valence-corrected chi connectivity index (χ4v) is 1.91. The van der Waals surface area contributed by atoms with Gasteiger partial charge in [-0.15, -0.1) is 0 Å². The first-order chi connectivity index (χ1) is 8.24. The summed E-state index contributed by atoms with van der Waals surface area (Å²) in [6.45, 7) is 2.04. The molecule has 3 atom stereocenters. The normalized spacial score (nSPS) is 28.0. The largest absolute Gasteiger partial charge is 0.465 e. The minimum absolute atomic E-state index is 0.300. The Morgan fingerprint density at radius 1 is 1.35 bits per heavy atom. The maximum atomic E-state index is 11.5. The van der Waals surface area contributed by atoms with Crippen molar-refractivity contribution in [3.8, 4) is 0 Å². The van der Waals surface area contributed by atoms with Crippen LogP contribution in [0.2, 0.25) is 0 Å². The van der Waals surface area contributed by atoms with Crippen molar-refractivity contribution in [1.29, 1.82) is 0 Å². The number of hydrogen-bond donors (Lipinski definition) is 3. The van der Waals surface area contributed by atoms with E-state index in [2.05, 4.69) is 10.9 Å². The lowest BCUT2D eigenvalue weighted by Crippen LogP contribution is -2.41. The van der Waals surface area contributed by atoms with Gasteiger partial charge >= 0.3 is 5.97 Å². The molecule has 1 aromatic carbocycles. The predicted molar refractivity (Wildman–Crippen MR) is 61.9 cm³/mol. The summed E-state index contributed by atoms with van der Waals surface area (Å²) >= 11 is 0. The quantitative estimate of drug-likeness (QED) is 0.651. The second-order valence-corrected chi connectivity index (χ2v) is 3.90. The maximum Gasteiger partial charge on any atom is 0.327 e. The summed E-state index contributed by atoms with van der Waals surface area (Å²) in [5.74, 6) is -0.439. The molecule has 0 amide bonds. The molecule has 1 aliphatic rings. The van der Waals surface area contributed by atoms with E-state index in [1.165, 1.54) is 0 Å². The summed E-state index contributed by atoms with van der Waals surface area (Å²) in [5, 5.41) is 10.1. The van der Waals surface area contributed by atoms with Crippen molar-refractivity contribution in [2.45, 2.75) is 25.1 Å². The molecule has 0 aromatic heterocycles. The van der Waals surface area contributed by atoms with Crippen LogP contribution in [0.5, 0.6) is 0 Å². The molecule has 92 valence electrons. The van der Waals surface area contributed by atoms with Crippen LogP contribution in [0.15, 0.2) is 30.3 Å². The lowest BCUT2D eigenvalue weighted by molar-refractivity contribution is -0.147. The number of hydrazine groups is 1. The standard InChI is InChI=1S/C12H16N2O3/c1-2-17-12(16)10-11(15)9(13-14-10)8-6-4-3-5-7-8/h3-7,9-11,13-15H,2H2,1H3. The zero-order chi connectivity index (χ0) is 12.3. The molecule has 5 heteroatoms. The van der Waals surface area contributed by atoms with E-state index in [0.717, 1.165) is 5.56 Å². The summed E-state index contributed by atoms with van der Waals surface area (Å²) < 4.78 is 4.88. The van der Waals surface area contributed by atoms with Crippen molar-refractivity contribution >= 4 is 5.97 Å². The lowest BCUT2D eigenvalue weighted by atomic mass is 9.99. The Labute approximate surface area is 99.8 Å². The Balaban J connectivity index is 2.07. The molecule has 0 aliphatic carbocycles. The van der Waals surface area contributed by atoms with E-state index < -0.39 is 18.1 Å². The third kappa shape index (κ3) is 2.46. The number of ether oxygens (including phenoxy) is 1. The van der Waals surface area contributed by atoms with Crippen molar-refractivity contribution < 1.29 is 14.6 Å². The fraction of sp³-hybridized carbons (Fsp3) is 0.417. The molecule has 0 radical (unpaired) electrons. The third-order valence-corrected chi connectivity index (χ3v) is 2.78. The second-order valence-electron chi connectivity index (χ2n) is 3.90. The van der Waals surface area contributed by atoms with E-state index in [0.29, 0.717) is 6.61 Å². The Hall–Kier alpha value is -1.43. The van der Waals surface area contributed by atoms with E-state index >= 15 is 0 Å². The minimum Gasteiger partial charge on any atom is -0.465 e. The first-order valence-corrected chi connectivity index (χ1v) is 5.64. The summed E-state index contributed by atoms with van der Waals surface area (Å²) in [7, 11) is 0. The molecule has 2 rings (SSSR count). The topological polar surface area (TPSA) is 70.6 Å². The Morgan fingerprint density at radius 2 is 2.06 bits per heavy atom. The predicted octanol–water partition coefficient (Wildman–Crippen LogP) is 0.128. The van der Waals surface area contributed by atoms with Crippen LogP contribution in [-0.4, -0.2) is 29.8 Å². The van der Waals surface area contributed by atoms with E-state index in [1.807, 2.05) is 30.3 Å². The molecule has 0 saturated carbocycles. The summed E-state index contributed by atoms with van der Waals surface area (Å²) in [6.07, 6.45) is -0.837. The highest BCUT2D eigenvalue weighted by Crippen LogP contribution is 2.23. The molecule has 5 nitrogen and oxygen atoms in total. The van der Waals surface area contributed by atoms with Gasteiger partial charge in [0.2, 0.25) is 0 Å². The number of rotatable bonds is 3. The van der Waals surface area contributed by atoms with E-state index in [9.17, 15) is 9.90 Å². The number of aliphatic hydroxyl groups excluding tert-OH is 1. The zero-order valence-corrected chi connectivity index (χ0v) is 9.59. The van der Waals surface area contributed by atoms with Gasteiger partial charge in [-0.3, -0.25) is 4.79 Å². The van der Waals surface area contributed by atoms with Crippen LogP contribution in [0.4, 0.5) is 0 Å². The van der Waals surface area contributed by atoms with E-state index in [1.54, 1.807) is 6.92 Å². The van der Waals surface area contributed by atoms with Crippen LogP contribution in [0.25, 0.3) is 0 Å². The van der Waals surface area contributed by atoms with Gasteiger partial charge in [0.25, 0.3) is 0 Å². The number of esters is 1. The highest BCUT2D eigenvalue weighted by Gasteiger charge is 2.40. The molecule has 17 heavy (non-hydrogen) atoms. The molecule has 1 aromatic rings. The number of benzene rings is 1. The zero-order valence-electron chi connectivity index (χ0n) is 9.59. The van der Waals surface area contributed by atoms with Crippen LogP contribution in [-0.2, 0) is 9.53 Å². The van der Waals surface area contributed by atoms with E-state index in [-0.39, 0.29) is 6.04 Å². The molecule has 1 saturated heterocycles. The van der Waals surface area contributed by atoms with Gasteiger partial charge in [-0.1, -0.05) is 30.3 Å². The van der Waals surface area contributed by atoms with Crippen LogP contribution in [0.1, 0.15) is 18.5 Å². The lowest BCUT2D eigenvalue weighted by Gasteiger charge is -2.16. The van der Waals surface area contributed by atoms with Gasteiger partial charge in [-0.25, -0.2) is 10.9 Å². The fourth-order valence-electron chi connectivity index (χ4n) is 1.91. The van der Waals surface area contributed by atoms with Gasteiger partial charge < -0.3 is 9.84 Å². The molecule has 0 bridgehead atoms. The Kier molecular flexibility index (Phi) is 3.73. The van der Waals surface area contributed by atoms with Gasteiger partial charge in [0.1, 0.15) is 12.1 Å². The van der Waals surface area contributed by atoms with Crippen molar-refractivity contribution in [2.75, 3.05) is 6.61 Å². The molecule has 3 unspecified atom stereocenters. The maximum absolute atomic E-state index is 11.5. The van der Waals surface area contributed by atoms with Crippen molar-refractivity contribution in [2.24, 2.45) is 0 Å². The summed E-state index contributed by atoms with van der Waals surface area (Å²) in [5.41, 5.74) is 6.61. The highest BCUT2D eigenvalue weighted by molar-refractivity contribution is 5.77. The third-order valence-electron chi connectivity index (χ3n) is 2.78. The molecule has 3 N–H and O–H groups in total. The average molecular weight is 236 g/mol. The monoisotopic (exact) mass is 236 g/mol. The Bertz CT molecular complexity index is 383. The molecular weight excluding hydrogens is 220 g/mol. The van der Waals surface area contributed by atoms with Crippen LogP contribution in [0.3, 0.4) is 0 Å². The number of carbonyl (C=O) groups excluding carboxylic acids is 1. The van der Waals surface area contributed by atoms with Crippen molar-refractivity contribution in [3.63, 3.8) is 0 Å². The van der Waals surface area contributed by atoms with Gasteiger partial charge in [0.05, 0.1) is 12.6 Å². The Morgan fingerprint density at radius 3 is 2.71 bits per heavy atom. The smallest absolute Gasteiger partial charge is 0.327 e. The van der Waals surface area contributed by atoms with Gasteiger partial charge in [0, 0.05) is 0 Å². The second kappa shape index (κ2) is 5.27. The first-order valence-electron chi connectivity index (χ1n) is 5.64. The molecule has 1 heterocycles. The van der Waals surface area contributed by atoms with Gasteiger partial charge in [-0.2, -0.15) is 0 Å². The van der Waals surface area contributed by atoms with Crippen LogP contribution >= 0.6 is 0 Å². The summed E-state index contributed by atoms with van der Waals surface area (Å²) in [4.78, 5) is 11.5. The van der Waals surface area contributed by atoms with Crippen LogP contribution in [0, 0.1) is 0 Å². The molecular formula is C12H16N2O3. The summed E-state index contributed by atoms with van der Waals surface area (Å²) in [6, 6.07) is 8.46. The molecule has 1 aliphatic heterocycles. The highest BCUT2D eigenvalue weighted by atomic mass is 16.5. The van der Waals surface area contributed by atoms with Gasteiger partial charge in [-0.05, 0) is 12.5 Å². The average Bonchev–Trinajstić information content (AvgIpc) is 2.72. The number of hydrogen-bond acceptors (Lipinski definition) is 5. The number of aliphatic hydroxyl groups is 1. The van der Waals surface area contributed by atoms with Gasteiger partial charge in [0.15, 0.2) is 0 Å². The first kappa shape index (κ1) is 12.0. The number of nitrogens with one attached hydrogen (secondary N) is 2. The van der Waals surface area contributed by atoms with Crippen molar-refractivity contribution in [1.82, 2.24) is 10.9 Å². The SMILES string of the molecule is CCOC(=O)C1NNC(c2ccccc2)C1O. The van der Waals surface area contributed by atoms with E-state index in [4.69, 9.17) is 4.74 Å². The number of carbonyl (C=O) groups is 1. The van der Waals surface area contributed by atoms with Crippen molar-refractivity contribution in [3.05, 3.63) is 35.9 Å².